The van der Waals surface area contributed by atoms with Crippen LogP contribution in [-0.2, 0) is 43.2 Å². The molecule has 0 spiro atoms. The average molecular weight is 940 g/mol. The van der Waals surface area contributed by atoms with Crippen molar-refractivity contribution in [2.75, 3.05) is 6.54 Å². The fourth-order valence-electron chi connectivity index (χ4n) is 6.83. The molecule has 0 aliphatic carbocycles. The summed E-state index contributed by atoms with van der Waals surface area (Å²) in [6, 6.07) is -9.38. The Kier molecular flexibility index (Phi) is 27.5. The first kappa shape index (κ1) is 61.1. The fraction of sp³-hybridized carbons (Fsp3) is 0.804. The lowest BCUT2D eigenvalue weighted by atomic mass is 9.95. The molecule has 20 heteroatoms. The van der Waals surface area contributed by atoms with Crippen LogP contribution in [0.4, 0.5) is 0 Å². The van der Waals surface area contributed by atoms with Gasteiger partial charge in [0.15, 0.2) is 0 Å². The molecular weight excluding hydrogens is 855 g/mol. The number of aliphatic hydroxyl groups is 1. The van der Waals surface area contributed by atoms with Crippen LogP contribution < -0.4 is 48.3 Å². The standard InChI is InChI=1S/C46H85N9O11/c1-16-27(13)34(47)41(60)49-31(19-23(5)6)40(59)55-38(29(15)56)45(64)53-36(26(11)12)43(62)54-37(28(14)17-2)44(63)50-30(18-22(3)4)39(58)48-21-33(57)52-35(25(9)10)42(61)51-32(46(65)66)20-24(7)8/h22-32,34-38,56H,16-21,47H2,1-15H3,(H,48,58)(H,49,60)(H,50,63)(H,51,61)(H,52,57)(H,53,64)(H,54,62)(H,55,59)(H,65,66). The van der Waals surface area contributed by atoms with Crippen molar-refractivity contribution in [1.82, 2.24) is 42.5 Å². The van der Waals surface area contributed by atoms with Gasteiger partial charge >= 0.3 is 5.97 Å². The Morgan fingerprint density at radius 2 is 0.803 bits per heavy atom. The second-order valence-corrected chi connectivity index (χ2v) is 19.7. The Labute approximate surface area is 392 Å². The summed E-state index contributed by atoms with van der Waals surface area (Å²) in [6.07, 6.45) is 0.152. The number of carbonyl (C=O) groups excluding carboxylic acids is 8. The molecule has 12 N–H and O–H groups in total. The van der Waals surface area contributed by atoms with Crippen LogP contribution >= 0.6 is 0 Å². The first-order chi connectivity index (χ1) is 30.5. The van der Waals surface area contributed by atoms with Crippen molar-refractivity contribution in [3.05, 3.63) is 0 Å². The number of hydrogen-bond donors (Lipinski definition) is 11. The zero-order valence-electron chi connectivity index (χ0n) is 42.1. The molecule has 0 fully saturated rings. The van der Waals surface area contributed by atoms with Crippen LogP contribution in [0.1, 0.15) is 136 Å². The maximum atomic E-state index is 14.0. The zero-order valence-corrected chi connectivity index (χ0v) is 42.1. The van der Waals surface area contributed by atoms with Gasteiger partial charge in [0.1, 0.15) is 42.3 Å². The van der Waals surface area contributed by atoms with Gasteiger partial charge in [-0.3, -0.25) is 38.4 Å². The lowest BCUT2D eigenvalue weighted by Gasteiger charge is -2.31. The Balaban J connectivity index is 6.17. The molecule has 66 heavy (non-hydrogen) atoms. The molecule has 0 aliphatic heterocycles. The first-order valence-electron chi connectivity index (χ1n) is 23.5. The van der Waals surface area contributed by atoms with Crippen molar-refractivity contribution >= 4 is 53.2 Å². The lowest BCUT2D eigenvalue weighted by Crippen LogP contribution is -2.63. The highest BCUT2D eigenvalue weighted by Crippen LogP contribution is 2.15. The molecule has 0 radical (unpaired) electrons. The molecule has 0 rings (SSSR count). The van der Waals surface area contributed by atoms with Crippen LogP contribution in [0.2, 0.25) is 0 Å². The SMILES string of the molecule is CCC(C)C(N)C(=O)NC(CC(C)C)C(=O)NC(C(=O)NC(C(=O)NC(C(=O)NC(CC(C)C)C(=O)NCC(=O)NC(C(=O)NC(CC(C)C)C(=O)O)C(C)C)C(C)CC)C(C)C)C(C)O. The summed E-state index contributed by atoms with van der Waals surface area (Å²) >= 11 is 0. The smallest absolute Gasteiger partial charge is 0.326 e. The highest BCUT2D eigenvalue weighted by Gasteiger charge is 2.37. The summed E-state index contributed by atoms with van der Waals surface area (Å²) in [6.45, 7) is 25.6. The topological polar surface area (TPSA) is 316 Å². The van der Waals surface area contributed by atoms with Crippen molar-refractivity contribution in [3.63, 3.8) is 0 Å². The molecule has 0 saturated carbocycles. The van der Waals surface area contributed by atoms with Gasteiger partial charge in [-0.1, -0.05) is 110 Å². The summed E-state index contributed by atoms with van der Waals surface area (Å²) in [5.41, 5.74) is 6.11. The van der Waals surface area contributed by atoms with Gasteiger partial charge in [-0.2, -0.15) is 0 Å². The van der Waals surface area contributed by atoms with E-state index in [-0.39, 0.29) is 42.9 Å². The minimum atomic E-state index is -1.54. The molecule has 0 bridgehead atoms. The van der Waals surface area contributed by atoms with Crippen molar-refractivity contribution < 1.29 is 53.4 Å². The summed E-state index contributed by atoms with van der Waals surface area (Å²) in [5, 5.41) is 41.0. The molecule has 11 atom stereocenters. The molecule has 0 aromatic rings. The van der Waals surface area contributed by atoms with E-state index in [0.717, 1.165) is 0 Å². The number of aliphatic carboxylic acids is 1. The van der Waals surface area contributed by atoms with Crippen molar-refractivity contribution in [1.29, 1.82) is 0 Å². The van der Waals surface area contributed by atoms with E-state index in [1.54, 1.807) is 41.5 Å². The number of carboxylic acid groups (broad SMARTS) is 1. The predicted molar refractivity (Wildman–Crippen MR) is 251 cm³/mol. The van der Waals surface area contributed by atoms with E-state index in [1.807, 2.05) is 55.4 Å². The predicted octanol–water partition coefficient (Wildman–Crippen LogP) is 0.831. The molecule has 0 heterocycles. The monoisotopic (exact) mass is 940 g/mol. The minimum Gasteiger partial charge on any atom is -0.480 e. The van der Waals surface area contributed by atoms with Crippen LogP contribution in [0.3, 0.4) is 0 Å². The largest absolute Gasteiger partial charge is 0.480 e. The number of aliphatic hydroxyl groups excluding tert-OH is 1. The molecule has 0 aliphatic rings. The Hall–Kier alpha value is -4.85. The highest BCUT2D eigenvalue weighted by atomic mass is 16.4. The average Bonchev–Trinajstić information content (AvgIpc) is 3.21. The maximum absolute atomic E-state index is 14.0. The number of carboxylic acids is 1. The third kappa shape index (κ3) is 21.6. The Bertz CT molecular complexity index is 1620. The zero-order chi connectivity index (χ0) is 51.3. The maximum Gasteiger partial charge on any atom is 0.326 e. The molecule has 380 valence electrons. The summed E-state index contributed by atoms with van der Waals surface area (Å²) in [5.74, 6) is -8.76. The van der Waals surface area contributed by atoms with E-state index in [1.165, 1.54) is 6.92 Å². The van der Waals surface area contributed by atoms with Crippen molar-refractivity contribution in [3.8, 4) is 0 Å². The summed E-state index contributed by atoms with van der Waals surface area (Å²) in [7, 11) is 0. The van der Waals surface area contributed by atoms with Crippen LogP contribution in [0.5, 0.6) is 0 Å². The van der Waals surface area contributed by atoms with Crippen LogP contribution in [0, 0.1) is 41.4 Å². The molecule has 0 aromatic carbocycles. The number of rotatable bonds is 30. The van der Waals surface area contributed by atoms with Gasteiger partial charge in [-0.25, -0.2) is 4.79 Å². The first-order valence-corrected chi connectivity index (χ1v) is 23.5. The van der Waals surface area contributed by atoms with Gasteiger partial charge in [0.05, 0.1) is 18.7 Å². The van der Waals surface area contributed by atoms with Gasteiger partial charge in [0, 0.05) is 0 Å². The van der Waals surface area contributed by atoms with E-state index in [9.17, 15) is 53.4 Å². The Morgan fingerprint density at radius 3 is 1.24 bits per heavy atom. The van der Waals surface area contributed by atoms with E-state index < -0.39 is 132 Å². The van der Waals surface area contributed by atoms with E-state index >= 15 is 0 Å². The molecule has 20 nitrogen and oxygen atoms in total. The van der Waals surface area contributed by atoms with Gasteiger partial charge in [-0.05, 0) is 67.6 Å². The van der Waals surface area contributed by atoms with Crippen molar-refractivity contribution in [2.24, 2.45) is 47.2 Å². The molecular formula is C46H85N9O11. The molecule has 8 amide bonds. The second-order valence-electron chi connectivity index (χ2n) is 19.7. The van der Waals surface area contributed by atoms with Crippen LogP contribution in [0.25, 0.3) is 0 Å². The van der Waals surface area contributed by atoms with Gasteiger partial charge < -0.3 is 58.5 Å². The number of amides is 8. The second kappa shape index (κ2) is 29.7. The van der Waals surface area contributed by atoms with Crippen LogP contribution in [0.15, 0.2) is 0 Å². The van der Waals surface area contributed by atoms with Gasteiger partial charge in [-0.15, -0.1) is 0 Å². The third-order valence-corrected chi connectivity index (χ3v) is 11.4. The minimum absolute atomic E-state index is 0.0245. The van der Waals surface area contributed by atoms with Crippen molar-refractivity contribution in [2.45, 2.75) is 190 Å². The summed E-state index contributed by atoms with van der Waals surface area (Å²) in [4.78, 5) is 120. The van der Waals surface area contributed by atoms with Gasteiger partial charge in [0.25, 0.3) is 0 Å². The Morgan fingerprint density at radius 1 is 0.439 bits per heavy atom. The number of nitrogens with two attached hydrogens (primary N) is 1. The van der Waals surface area contributed by atoms with Gasteiger partial charge in [0.2, 0.25) is 47.3 Å². The van der Waals surface area contributed by atoms with E-state index in [4.69, 9.17) is 5.73 Å². The molecule has 0 saturated heterocycles. The highest BCUT2D eigenvalue weighted by molar-refractivity contribution is 5.98. The molecule has 11 unspecified atom stereocenters. The quantitative estimate of drug-likeness (QED) is 0.0478. The number of nitrogens with one attached hydrogen (secondary N) is 8. The third-order valence-electron chi connectivity index (χ3n) is 11.4. The summed E-state index contributed by atoms with van der Waals surface area (Å²) < 4.78 is 0. The number of hydrogen-bond acceptors (Lipinski definition) is 11. The van der Waals surface area contributed by atoms with E-state index in [2.05, 4.69) is 42.5 Å². The normalized spacial score (nSPS) is 16.6. The lowest BCUT2D eigenvalue weighted by molar-refractivity contribution is -0.143. The van der Waals surface area contributed by atoms with Crippen LogP contribution in [-0.4, -0.2) is 124 Å². The van der Waals surface area contributed by atoms with E-state index in [0.29, 0.717) is 12.8 Å². The fourth-order valence-corrected chi connectivity index (χ4v) is 6.83. The number of carbonyl (C=O) groups is 9. The molecule has 0 aromatic heterocycles.